The van der Waals surface area contributed by atoms with Gasteiger partial charge in [-0.05, 0) is 53.3 Å². The van der Waals surface area contributed by atoms with Gasteiger partial charge in [0.1, 0.15) is 0 Å². The van der Waals surface area contributed by atoms with E-state index in [4.69, 9.17) is 9.98 Å². The van der Waals surface area contributed by atoms with Crippen molar-refractivity contribution in [3.8, 4) is 0 Å². The maximum atomic E-state index is 5.41. The Morgan fingerprint density at radius 2 is 0.824 bits per heavy atom. The van der Waals surface area contributed by atoms with Crippen LogP contribution in [-0.4, -0.2) is 11.4 Å². The number of aliphatic imine (C=N–C) groups is 2. The highest BCUT2D eigenvalue weighted by molar-refractivity contribution is 6.61. The lowest BCUT2D eigenvalue weighted by Crippen LogP contribution is -2.11. The average molecular weight is 445 g/mol. The minimum Gasteiger partial charge on any atom is -0.246 e. The normalized spacial score (nSPS) is 15.1. The summed E-state index contributed by atoms with van der Waals surface area (Å²) in [6.45, 7) is 8.84. The quantitative estimate of drug-likeness (QED) is 0.285. The smallest absolute Gasteiger partial charge is 0.0979 e. The molecule has 1 aliphatic carbocycles. The Kier molecular flexibility index (Phi) is 6.15. The summed E-state index contributed by atoms with van der Waals surface area (Å²) in [5.41, 5.74) is 11.7. The van der Waals surface area contributed by atoms with E-state index < -0.39 is 0 Å². The van der Waals surface area contributed by atoms with E-state index in [1.807, 2.05) is 0 Å². The van der Waals surface area contributed by atoms with Crippen molar-refractivity contribution in [3.63, 3.8) is 0 Å². The zero-order valence-electron chi connectivity index (χ0n) is 20.7. The van der Waals surface area contributed by atoms with E-state index in [1.165, 1.54) is 44.2 Å². The Hall–Kier alpha value is -3.52. The predicted molar refractivity (Wildman–Crippen MR) is 147 cm³/mol. The molecule has 0 radical (unpaired) electrons. The third kappa shape index (κ3) is 3.68. The van der Waals surface area contributed by atoms with Crippen LogP contribution in [0.3, 0.4) is 0 Å². The van der Waals surface area contributed by atoms with Gasteiger partial charge in [-0.15, -0.1) is 0 Å². The van der Waals surface area contributed by atoms with Gasteiger partial charge in [0.05, 0.1) is 22.8 Å². The number of rotatable bonds is 6. The van der Waals surface area contributed by atoms with Crippen molar-refractivity contribution >= 4 is 33.6 Å². The summed E-state index contributed by atoms with van der Waals surface area (Å²) in [5, 5.41) is 2.51. The highest BCUT2D eigenvalue weighted by atomic mass is 14.8. The zero-order chi connectivity index (χ0) is 23.7. The van der Waals surface area contributed by atoms with Crippen molar-refractivity contribution in [1.29, 1.82) is 0 Å². The fourth-order valence-electron chi connectivity index (χ4n) is 5.16. The fourth-order valence-corrected chi connectivity index (χ4v) is 5.16. The third-order valence-electron chi connectivity index (χ3n) is 7.02. The van der Waals surface area contributed by atoms with E-state index in [0.717, 1.165) is 48.5 Å². The van der Waals surface area contributed by atoms with Crippen LogP contribution >= 0.6 is 0 Å². The van der Waals surface area contributed by atoms with Gasteiger partial charge in [0.15, 0.2) is 0 Å². The molecule has 0 amide bonds. The van der Waals surface area contributed by atoms with E-state index in [0.29, 0.717) is 0 Å². The summed E-state index contributed by atoms with van der Waals surface area (Å²) >= 11 is 0. The highest BCUT2D eigenvalue weighted by Gasteiger charge is 2.28. The van der Waals surface area contributed by atoms with Crippen LogP contribution in [0.5, 0.6) is 0 Å². The first-order chi connectivity index (χ1) is 16.7. The third-order valence-corrected chi connectivity index (χ3v) is 7.02. The van der Waals surface area contributed by atoms with Crippen molar-refractivity contribution in [2.24, 2.45) is 9.98 Å². The van der Waals surface area contributed by atoms with Crippen molar-refractivity contribution in [2.45, 2.75) is 53.4 Å². The molecule has 0 N–H and O–H groups in total. The molecule has 0 heterocycles. The number of nitrogens with zero attached hydrogens (tertiary/aromatic N) is 2. The van der Waals surface area contributed by atoms with Gasteiger partial charge in [-0.2, -0.15) is 0 Å². The minimum atomic E-state index is 0.961. The summed E-state index contributed by atoms with van der Waals surface area (Å²) in [4.78, 5) is 10.8. The van der Waals surface area contributed by atoms with Crippen molar-refractivity contribution in [2.75, 3.05) is 0 Å². The molecule has 0 aromatic heterocycles. The van der Waals surface area contributed by atoms with Gasteiger partial charge in [-0.25, -0.2) is 9.98 Å². The zero-order valence-corrected chi connectivity index (χ0v) is 20.7. The molecule has 170 valence electrons. The Balaban J connectivity index is 1.85. The predicted octanol–water partition coefficient (Wildman–Crippen LogP) is 8.34. The SMILES string of the molecule is CCc1cccc(CC)c1/N=C1/C(=N/c2c(CC)cccc2CC)c2cccc3cccc1c23. The van der Waals surface area contributed by atoms with Crippen LogP contribution in [-0.2, 0) is 25.7 Å². The Bertz CT molecular complexity index is 1290. The van der Waals surface area contributed by atoms with Gasteiger partial charge in [-0.1, -0.05) is 100 Å². The van der Waals surface area contributed by atoms with Gasteiger partial charge in [0, 0.05) is 16.5 Å². The molecule has 0 spiro atoms. The summed E-state index contributed by atoms with van der Waals surface area (Å²) in [5.74, 6) is 0. The number of aryl methyl sites for hydroxylation is 4. The van der Waals surface area contributed by atoms with Crippen LogP contribution in [0.2, 0.25) is 0 Å². The van der Waals surface area contributed by atoms with Crippen LogP contribution in [0.4, 0.5) is 11.4 Å². The lowest BCUT2D eigenvalue weighted by atomic mass is 10.0. The van der Waals surface area contributed by atoms with Crippen LogP contribution in [0, 0.1) is 0 Å². The number of para-hydroxylation sites is 2. The van der Waals surface area contributed by atoms with E-state index in [1.54, 1.807) is 0 Å². The van der Waals surface area contributed by atoms with Crippen LogP contribution in [0.1, 0.15) is 61.1 Å². The topological polar surface area (TPSA) is 24.7 Å². The van der Waals surface area contributed by atoms with E-state index in [2.05, 4.69) is 100 Å². The summed E-state index contributed by atoms with van der Waals surface area (Å²) in [7, 11) is 0. The van der Waals surface area contributed by atoms with Gasteiger partial charge in [0.25, 0.3) is 0 Å². The summed E-state index contributed by atoms with van der Waals surface area (Å²) in [6.07, 6.45) is 3.84. The second-order valence-corrected chi connectivity index (χ2v) is 8.89. The molecule has 0 fully saturated rings. The van der Waals surface area contributed by atoms with Crippen molar-refractivity contribution < 1.29 is 0 Å². The molecule has 2 nitrogen and oxygen atoms in total. The molecular formula is C32H32N2. The standard InChI is InChI=1S/C32H32N2/c1-5-21-13-9-14-22(6-2)29(21)33-31-26-19-11-17-25-18-12-20-27(28(25)26)32(31)34-30-23(7-3)15-10-16-24(30)8-4/h9-20H,5-8H2,1-4H3/b33-31+,34-32+. The molecule has 0 bridgehead atoms. The largest absolute Gasteiger partial charge is 0.246 e. The molecule has 2 heteroatoms. The monoisotopic (exact) mass is 444 g/mol. The molecule has 0 saturated carbocycles. The Morgan fingerprint density at radius 3 is 1.18 bits per heavy atom. The Morgan fingerprint density at radius 1 is 0.471 bits per heavy atom. The maximum Gasteiger partial charge on any atom is 0.0979 e. The second kappa shape index (κ2) is 9.38. The molecular weight excluding hydrogens is 412 g/mol. The Labute approximate surface area is 203 Å². The number of benzene rings is 4. The van der Waals surface area contributed by atoms with Gasteiger partial charge in [0.2, 0.25) is 0 Å². The lowest BCUT2D eigenvalue weighted by molar-refractivity contribution is 1.08. The van der Waals surface area contributed by atoms with Crippen LogP contribution in [0.15, 0.2) is 82.8 Å². The molecule has 0 atom stereocenters. The molecule has 34 heavy (non-hydrogen) atoms. The van der Waals surface area contributed by atoms with Crippen LogP contribution in [0.25, 0.3) is 10.8 Å². The molecule has 0 saturated heterocycles. The average Bonchev–Trinajstić information content (AvgIpc) is 3.18. The second-order valence-electron chi connectivity index (χ2n) is 8.89. The van der Waals surface area contributed by atoms with Gasteiger partial charge in [-0.3, -0.25) is 0 Å². The molecule has 4 aromatic carbocycles. The first-order valence-electron chi connectivity index (χ1n) is 12.6. The first-order valence-corrected chi connectivity index (χ1v) is 12.6. The molecule has 5 rings (SSSR count). The highest BCUT2D eigenvalue weighted by Crippen LogP contribution is 2.37. The van der Waals surface area contributed by atoms with Gasteiger partial charge < -0.3 is 0 Å². The summed E-state index contributed by atoms with van der Waals surface area (Å²) in [6, 6.07) is 26.2. The molecule has 4 aromatic rings. The first kappa shape index (κ1) is 22.3. The molecule has 1 aliphatic rings. The van der Waals surface area contributed by atoms with E-state index >= 15 is 0 Å². The molecule has 0 unspecified atom stereocenters. The minimum absolute atomic E-state index is 0.961. The lowest BCUT2D eigenvalue weighted by Gasteiger charge is -2.13. The molecule has 0 aliphatic heterocycles. The number of hydrogen-bond donors (Lipinski definition) is 0. The maximum absolute atomic E-state index is 5.41. The van der Waals surface area contributed by atoms with Crippen LogP contribution < -0.4 is 0 Å². The van der Waals surface area contributed by atoms with E-state index in [9.17, 15) is 0 Å². The van der Waals surface area contributed by atoms with Crippen molar-refractivity contribution in [1.82, 2.24) is 0 Å². The van der Waals surface area contributed by atoms with Gasteiger partial charge >= 0.3 is 0 Å². The van der Waals surface area contributed by atoms with E-state index in [-0.39, 0.29) is 0 Å². The summed E-state index contributed by atoms with van der Waals surface area (Å²) < 4.78 is 0. The fraction of sp³-hybridized carbons (Fsp3) is 0.250. The van der Waals surface area contributed by atoms with Crippen molar-refractivity contribution in [3.05, 3.63) is 106 Å². The number of hydrogen-bond acceptors (Lipinski definition) is 2.